The summed E-state index contributed by atoms with van der Waals surface area (Å²) in [5.41, 5.74) is 1.67. The lowest BCUT2D eigenvalue weighted by Crippen LogP contribution is -2.43. The van der Waals surface area contributed by atoms with Gasteiger partial charge in [0.25, 0.3) is 5.91 Å². The summed E-state index contributed by atoms with van der Waals surface area (Å²) in [6.45, 7) is 3.93. The number of hydrogen-bond donors (Lipinski definition) is 4. The normalized spacial score (nSPS) is 31.9. The number of ether oxygens (including phenoxy) is 1. The van der Waals surface area contributed by atoms with Gasteiger partial charge in [-0.3, -0.25) is 15.4 Å². The molecule has 0 saturated heterocycles. The number of aliphatic hydroxyl groups excluding tert-OH is 1. The average molecular weight is 269 g/mol. The number of aliphatic hydroxyl groups is 1. The number of nitrogens with one attached hydrogen (secondary N) is 2. The van der Waals surface area contributed by atoms with E-state index in [1.54, 1.807) is 13.0 Å². The topological polar surface area (TPSA) is 114 Å². The SMILES string of the molecule is CC1COC(C)C/C=C\C(=O)/C(O)=C(\NN)C(=O)N1. The van der Waals surface area contributed by atoms with E-state index in [4.69, 9.17) is 10.6 Å². The molecule has 0 radical (unpaired) electrons. The first-order valence-corrected chi connectivity index (χ1v) is 5.99. The first-order chi connectivity index (χ1) is 8.95. The number of nitrogens with two attached hydrogens (primary N) is 1. The number of carbonyl (C=O) groups excluding carboxylic acids is 2. The summed E-state index contributed by atoms with van der Waals surface area (Å²) < 4.78 is 5.50. The second kappa shape index (κ2) is 6.91. The fourth-order valence-corrected chi connectivity index (χ4v) is 1.52. The van der Waals surface area contributed by atoms with E-state index < -0.39 is 17.4 Å². The smallest absolute Gasteiger partial charge is 0.273 e. The minimum Gasteiger partial charge on any atom is -0.503 e. The van der Waals surface area contributed by atoms with Crippen molar-refractivity contribution in [1.29, 1.82) is 0 Å². The van der Waals surface area contributed by atoms with Crippen molar-refractivity contribution in [2.75, 3.05) is 6.61 Å². The Kier molecular flexibility index (Phi) is 5.53. The fraction of sp³-hybridized carbons (Fsp3) is 0.500. The van der Waals surface area contributed by atoms with Gasteiger partial charge in [0.05, 0.1) is 12.7 Å². The Labute approximate surface area is 111 Å². The molecule has 0 saturated carbocycles. The van der Waals surface area contributed by atoms with Crippen LogP contribution in [0.5, 0.6) is 0 Å². The van der Waals surface area contributed by atoms with Gasteiger partial charge in [-0.15, -0.1) is 0 Å². The number of allylic oxidation sites excluding steroid dienone is 1. The van der Waals surface area contributed by atoms with Gasteiger partial charge >= 0.3 is 0 Å². The first kappa shape index (κ1) is 15.2. The molecule has 0 spiro atoms. The number of ketones is 1. The predicted molar refractivity (Wildman–Crippen MR) is 68.8 cm³/mol. The van der Waals surface area contributed by atoms with E-state index in [9.17, 15) is 14.7 Å². The van der Waals surface area contributed by atoms with Crippen LogP contribution in [-0.2, 0) is 14.3 Å². The van der Waals surface area contributed by atoms with Crippen LogP contribution >= 0.6 is 0 Å². The highest BCUT2D eigenvalue weighted by Gasteiger charge is 2.20. The van der Waals surface area contributed by atoms with Crippen molar-refractivity contribution in [2.45, 2.75) is 32.4 Å². The van der Waals surface area contributed by atoms with E-state index in [0.717, 1.165) is 0 Å². The van der Waals surface area contributed by atoms with Gasteiger partial charge < -0.3 is 20.6 Å². The molecule has 0 fully saturated rings. The zero-order chi connectivity index (χ0) is 14.4. The minimum absolute atomic E-state index is 0.0824. The second-order valence-electron chi connectivity index (χ2n) is 4.39. The summed E-state index contributed by atoms with van der Waals surface area (Å²) in [5.74, 6) is 3.10. The third-order valence-corrected chi connectivity index (χ3v) is 2.59. The minimum atomic E-state index is -0.711. The van der Waals surface area contributed by atoms with Crippen molar-refractivity contribution in [3.05, 3.63) is 23.6 Å². The van der Waals surface area contributed by atoms with Crippen molar-refractivity contribution in [3.8, 4) is 0 Å². The van der Waals surface area contributed by atoms with Crippen molar-refractivity contribution in [3.63, 3.8) is 0 Å². The van der Waals surface area contributed by atoms with Gasteiger partial charge in [-0.1, -0.05) is 6.08 Å². The van der Waals surface area contributed by atoms with Crippen LogP contribution in [-0.4, -0.2) is 35.5 Å². The van der Waals surface area contributed by atoms with Crippen LogP contribution in [0, 0.1) is 0 Å². The molecule has 7 heteroatoms. The molecule has 0 aromatic heterocycles. The lowest BCUT2D eigenvalue weighted by atomic mass is 10.2. The third kappa shape index (κ3) is 4.38. The van der Waals surface area contributed by atoms with E-state index in [-0.39, 0.29) is 17.8 Å². The summed E-state index contributed by atoms with van der Waals surface area (Å²) in [4.78, 5) is 23.4. The van der Waals surface area contributed by atoms with Crippen LogP contribution in [0.25, 0.3) is 0 Å². The maximum absolute atomic E-state index is 11.8. The van der Waals surface area contributed by atoms with Gasteiger partial charge in [-0.2, -0.15) is 0 Å². The molecule has 2 unspecified atom stereocenters. The molecule has 1 heterocycles. The summed E-state index contributed by atoms with van der Waals surface area (Å²) in [7, 11) is 0. The highest BCUT2D eigenvalue weighted by atomic mass is 16.5. The molecule has 1 aliphatic rings. The maximum Gasteiger partial charge on any atom is 0.273 e. The van der Waals surface area contributed by atoms with Gasteiger partial charge in [-0.05, 0) is 26.3 Å². The zero-order valence-electron chi connectivity index (χ0n) is 11.0. The van der Waals surface area contributed by atoms with Gasteiger partial charge in [0.15, 0.2) is 11.5 Å². The Balaban J connectivity index is 3.03. The van der Waals surface area contributed by atoms with E-state index in [1.807, 2.05) is 12.3 Å². The van der Waals surface area contributed by atoms with Gasteiger partial charge in [0.2, 0.25) is 5.78 Å². The molecular formula is C12H19N3O4. The van der Waals surface area contributed by atoms with Gasteiger partial charge in [-0.25, -0.2) is 0 Å². The van der Waals surface area contributed by atoms with Crippen molar-refractivity contribution in [2.24, 2.45) is 5.84 Å². The lowest BCUT2D eigenvalue weighted by Gasteiger charge is -2.19. The lowest BCUT2D eigenvalue weighted by molar-refractivity contribution is -0.120. The average Bonchev–Trinajstić information content (AvgIpc) is 2.35. The molecular weight excluding hydrogens is 250 g/mol. The molecule has 0 aromatic carbocycles. The molecule has 0 bridgehead atoms. The van der Waals surface area contributed by atoms with Gasteiger partial charge in [0.1, 0.15) is 0 Å². The standard InChI is InChI=1S/C12H19N3O4/c1-7-6-19-8(2)4-3-5-9(16)11(17)10(15-13)12(18)14-7/h3,5,7-8,15,17H,4,6,13H2,1-2H3,(H,14,18)/b5-3-,11-10+. The predicted octanol–water partition coefficient (Wildman–Crippen LogP) is -0.342. The van der Waals surface area contributed by atoms with Crippen LogP contribution < -0.4 is 16.6 Å². The largest absolute Gasteiger partial charge is 0.503 e. The Hall–Kier alpha value is -1.86. The van der Waals surface area contributed by atoms with Crippen LogP contribution in [0.15, 0.2) is 23.6 Å². The zero-order valence-corrected chi connectivity index (χ0v) is 11.0. The number of rotatable bonds is 1. The molecule has 5 N–H and O–H groups in total. The molecule has 1 aliphatic heterocycles. The molecule has 0 aromatic rings. The Morgan fingerprint density at radius 2 is 2.16 bits per heavy atom. The highest BCUT2D eigenvalue weighted by molar-refractivity contribution is 6.08. The molecule has 0 aliphatic carbocycles. The third-order valence-electron chi connectivity index (χ3n) is 2.59. The molecule has 19 heavy (non-hydrogen) atoms. The molecule has 1 amide bonds. The quantitative estimate of drug-likeness (QED) is 0.382. The molecule has 1 rings (SSSR count). The number of amides is 1. The van der Waals surface area contributed by atoms with E-state index in [0.29, 0.717) is 13.0 Å². The molecule has 2 atom stereocenters. The fourth-order valence-electron chi connectivity index (χ4n) is 1.52. The van der Waals surface area contributed by atoms with Gasteiger partial charge in [0, 0.05) is 6.04 Å². The first-order valence-electron chi connectivity index (χ1n) is 5.99. The van der Waals surface area contributed by atoms with Crippen LogP contribution in [0.1, 0.15) is 20.3 Å². The number of hydrogen-bond acceptors (Lipinski definition) is 6. The summed E-state index contributed by atoms with van der Waals surface area (Å²) >= 11 is 0. The van der Waals surface area contributed by atoms with Crippen molar-refractivity contribution >= 4 is 11.7 Å². The Morgan fingerprint density at radius 1 is 1.47 bits per heavy atom. The van der Waals surface area contributed by atoms with Crippen LogP contribution in [0.3, 0.4) is 0 Å². The molecule has 106 valence electrons. The number of hydrazine groups is 1. The molecule has 7 nitrogen and oxygen atoms in total. The van der Waals surface area contributed by atoms with Crippen LogP contribution in [0.2, 0.25) is 0 Å². The van der Waals surface area contributed by atoms with E-state index >= 15 is 0 Å². The highest BCUT2D eigenvalue weighted by Crippen LogP contribution is 2.06. The second-order valence-corrected chi connectivity index (χ2v) is 4.39. The summed E-state index contributed by atoms with van der Waals surface area (Å²) in [6, 6.07) is -0.274. The summed E-state index contributed by atoms with van der Waals surface area (Å²) in [6.07, 6.45) is 3.22. The van der Waals surface area contributed by atoms with E-state index in [2.05, 4.69) is 5.32 Å². The van der Waals surface area contributed by atoms with Crippen molar-refractivity contribution in [1.82, 2.24) is 10.7 Å². The summed E-state index contributed by atoms with van der Waals surface area (Å²) in [5, 5.41) is 12.3. The number of carbonyl (C=O) groups is 2. The Morgan fingerprint density at radius 3 is 2.79 bits per heavy atom. The van der Waals surface area contributed by atoms with Crippen molar-refractivity contribution < 1.29 is 19.4 Å². The van der Waals surface area contributed by atoms with Crippen LogP contribution in [0.4, 0.5) is 0 Å². The Bertz CT molecular complexity index is 417. The maximum atomic E-state index is 11.8. The monoisotopic (exact) mass is 269 g/mol. The van der Waals surface area contributed by atoms with E-state index in [1.165, 1.54) is 6.08 Å².